The van der Waals surface area contributed by atoms with Gasteiger partial charge in [-0.1, -0.05) is 84.9 Å². The van der Waals surface area contributed by atoms with E-state index >= 15 is 0 Å². The molecular formula is C44H43FN4O6. The highest BCUT2D eigenvalue weighted by atomic mass is 19.1. The van der Waals surface area contributed by atoms with Crippen molar-refractivity contribution in [3.8, 4) is 5.75 Å². The molecule has 10 nitrogen and oxygen atoms in total. The average molecular weight is 743 g/mol. The Labute approximate surface area is 319 Å². The van der Waals surface area contributed by atoms with Crippen LogP contribution in [0.25, 0.3) is 0 Å². The number of carbonyl (C=O) groups excluding carboxylic acids is 4. The molecule has 2 N–H and O–H groups in total. The van der Waals surface area contributed by atoms with Crippen molar-refractivity contribution in [2.24, 2.45) is 5.92 Å². The minimum atomic E-state index is -1.41. The Bertz CT molecular complexity index is 2130. The van der Waals surface area contributed by atoms with E-state index < -0.39 is 47.6 Å². The highest BCUT2D eigenvalue weighted by Gasteiger charge is 2.42. The standard InChI is InChI=1S/C44H43FN4O6/c1-44(2,3)55-43(53)47-26-30-17-21-34(22-18-30)49-39-16-10-9-15-38(39)48(28-31-19-23-35(24-20-31)54-29-32-11-5-4-6-12-32)41(51)36(42(49)52)25-40(50)46-27-33-13-7-8-14-37(33)45/h4-24,36H,25-29H2,1-3H3,(H,46,50)(H,47,53). The third kappa shape index (κ3) is 9.94. The van der Waals surface area contributed by atoms with Gasteiger partial charge < -0.3 is 25.0 Å². The van der Waals surface area contributed by atoms with E-state index in [1.54, 1.807) is 87.5 Å². The van der Waals surface area contributed by atoms with Gasteiger partial charge in [0, 0.05) is 30.8 Å². The number of ether oxygens (including phenoxy) is 2. The SMILES string of the molecule is CC(C)(C)OC(=O)NCc1ccc(N2C(=O)C(CC(=O)NCc3ccccc3F)C(=O)N(Cc3ccc(OCc4ccccc4)cc3)c3ccccc32)cc1. The molecule has 0 saturated heterocycles. The van der Waals surface area contributed by atoms with Crippen LogP contribution in [-0.2, 0) is 45.4 Å². The lowest BCUT2D eigenvalue weighted by molar-refractivity contribution is -0.136. The van der Waals surface area contributed by atoms with Crippen LogP contribution in [-0.4, -0.2) is 29.4 Å². The highest BCUT2D eigenvalue weighted by Crippen LogP contribution is 2.40. The molecule has 0 aliphatic carbocycles. The molecule has 282 valence electrons. The lowest BCUT2D eigenvalue weighted by Crippen LogP contribution is -2.43. The van der Waals surface area contributed by atoms with E-state index in [2.05, 4.69) is 10.6 Å². The van der Waals surface area contributed by atoms with Crippen molar-refractivity contribution in [3.63, 3.8) is 0 Å². The summed E-state index contributed by atoms with van der Waals surface area (Å²) < 4.78 is 25.6. The molecule has 5 aromatic rings. The zero-order valence-electron chi connectivity index (χ0n) is 31.0. The van der Waals surface area contributed by atoms with E-state index in [1.807, 2.05) is 54.6 Å². The molecule has 5 aromatic carbocycles. The van der Waals surface area contributed by atoms with Gasteiger partial charge >= 0.3 is 6.09 Å². The van der Waals surface area contributed by atoms with Gasteiger partial charge in [-0.05, 0) is 79.9 Å². The number of alkyl carbamates (subject to hydrolysis) is 1. The van der Waals surface area contributed by atoms with Crippen LogP contribution in [0.1, 0.15) is 49.4 Å². The Morgan fingerprint density at radius 3 is 2.02 bits per heavy atom. The van der Waals surface area contributed by atoms with Gasteiger partial charge in [0.25, 0.3) is 0 Å². The molecule has 1 atom stereocenters. The fourth-order valence-electron chi connectivity index (χ4n) is 6.13. The number of amides is 4. The fraction of sp³-hybridized carbons (Fsp3) is 0.227. The first-order chi connectivity index (χ1) is 26.4. The maximum absolute atomic E-state index is 14.6. The van der Waals surface area contributed by atoms with Crippen LogP contribution in [0.4, 0.5) is 26.2 Å². The molecule has 6 rings (SSSR count). The number of fused-ring (bicyclic) bond motifs is 1. The Morgan fingerprint density at radius 1 is 0.691 bits per heavy atom. The number of anilines is 3. The van der Waals surface area contributed by atoms with E-state index in [-0.39, 0.29) is 25.2 Å². The molecule has 11 heteroatoms. The molecule has 0 saturated carbocycles. The molecule has 0 radical (unpaired) electrons. The summed E-state index contributed by atoms with van der Waals surface area (Å²) in [6.45, 7) is 5.93. The molecular weight excluding hydrogens is 700 g/mol. The number of rotatable bonds is 12. The van der Waals surface area contributed by atoms with E-state index in [0.717, 1.165) is 16.7 Å². The molecule has 0 bridgehead atoms. The average Bonchev–Trinajstić information content (AvgIpc) is 3.25. The second-order valence-electron chi connectivity index (χ2n) is 14.2. The Kier molecular flexibility index (Phi) is 11.9. The normalized spacial score (nSPS) is 14.1. The summed E-state index contributed by atoms with van der Waals surface area (Å²) >= 11 is 0. The van der Waals surface area contributed by atoms with Crippen LogP contribution >= 0.6 is 0 Å². The minimum Gasteiger partial charge on any atom is -0.489 e. The predicted molar refractivity (Wildman–Crippen MR) is 208 cm³/mol. The van der Waals surface area contributed by atoms with Crippen LogP contribution in [0.5, 0.6) is 5.75 Å². The van der Waals surface area contributed by atoms with Gasteiger partial charge in [-0.3, -0.25) is 19.3 Å². The van der Waals surface area contributed by atoms with Gasteiger partial charge in [0.2, 0.25) is 17.7 Å². The first-order valence-electron chi connectivity index (χ1n) is 18.0. The number of nitrogens with one attached hydrogen (secondary N) is 2. The molecule has 1 aliphatic rings. The van der Waals surface area contributed by atoms with Crippen molar-refractivity contribution in [1.29, 1.82) is 0 Å². The van der Waals surface area contributed by atoms with E-state index in [4.69, 9.17) is 9.47 Å². The van der Waals surface area contributed by atoms with Crippen molar-refractivity contribution in [2.45, 2.75) is 59.0 Å². The van der Waals surface area contributed by atoms with E-state index in [1.165, 1.54) is 15.9 Å². The van der Waals surface area contributed by atoms with Crippen LogP contribution in [0.15, 0.2) is 127 Å². The lowest BCUT2D eigenvalue weighted by atomic mass is 10.0. The quantitative estimate of drug-likeness (QED) is 0.125. The van der Waals surface area contributed by atoms with Gasteiger partial charge in [-0.2, -0.15) is 0 Å². The maximum Gasteiger partial charge on any atom is 0.407 e. The molecule has 0 aromatic heterocycles. The van der Waals surface area contributed by atoms with Crippen molar-refractivity contribution >= 4 is 40.9 Å². The molecule has 1 aliphatic heterocycles. The molecule has 1 unspecified atom stereocenters. The number of hydrogen-bond acceptors (Lipinski definition) is 6. The van der Waals surface area contributed by atoms with Crippen LogP contribution < -0.4 is 25.2 Å². The van der Waals surface area contributed by atoms with E-state index in [9.17, 15) is 23.6 Å². The van der Waals surface area contributed by atoms with Crippen LogP contribution in [0.3, 0.4) is 0 Å². The summed E-state index contributed by atoms with van der Waals surface area (Å²) in [5.74, 6) is -2.95. The second kappa shape index (κ2) is 17.1. The predicted octanol–water partition coefficient (Wildman–Crippen LogP) is 7.96. The third-order valence-corrected chi connectivity index (χ3v) is 8.86. The molecule has 4 amide bonds. The van der Waals surface area contributed by atoms with E-state index in [0.29, 0.717) is 29.4 Å². The Hall–Kier alpha value is -6.49. The summed E-state index contributed by atoms with van der Waals surface area (Å²) in [6.07, 6.45) is -1.02. The Morgan fingerprint density at radius 2 is 1.33 bits per heavy atom. The number of halogens is 1. The first kappa shape index (κ1) is 38.2. The van der Waals surface area contributed by atoms with Gasteiger partial charge in [-0.15, -0.1) is 0 Å². The second-order valence-corrected chi connectivity index (χ2v) is 14.2. The molecule has 0 fully saturated rings. The Balaban J connectivity index is 1.28. The topological polar surface area (TPSA) is 117 Å². The molecule has 55 heavy (non-hydrogen) atoms. The van der Waals surface area contributed by atoms with Crippen molar-refractivity contribution in [2.75, 3.05) is 9.80 Å². The molecule has 1 heterocycles. The third-order valence-electron chi connectivity index (χ3n) is 8.86. The van der Waals surface area contributed by atoms with Gasteiger partial charge in [0.15, 0.2) is 0 Å². The zero-order chi connectivity index (χ0) is 39.0. The number of benzene rings is 5. The summed E-state index contributed by atoms with van der Waals surface area (Å²) in [7, 11) is 0. The largest absolute Gasteiger partial charge is 0.489 e. The summed E-state index contributed by atoms with van der Waals surface area (Å²) in [5, 5.41) is 5.41. The summed E-state index contributed by atoms with van der Waals surface area (Å²) in [5.41, 5.74) is 3.60. The van der Waals surface area contributed by atoms with Gasteiger partial charge in [0.1, 0.15) is 29.7 Å². The van der Waals surface area contributed by atoms with Gasteiger partial charge in [-0.25, -0.2) is 9.18 Å². The van der Waals surface area contributed by atoms with Crippen molar-refractivity contribution in [3.05, 3.63) is 155 Å². The van der Waals surface area contributed by atoms with Crippen LogP contribution in [0.2, 0.25) is 0 Å². The highest BCUT2D eigenvalue weighted by molar-refractivity contribution is 6.21. The number of hydrogen-bond donors (Lipinski definition) is 2. The number of carbonyl (C=O) groups is 4. The van der Waals surface area contributed by atoms with Crippen LogP contribution in [0, 0.1) is 11.7 Å². The zero-order valence-corrected chi connectivity index (χ0v) is 31.0. The number of para-hydroxylation sites is 2. The maximum atomic E-state index is 14.6. The van der Waals surface area contributed by atoms with Crippen molar-refractivity contribution in [1.82, 2.24) is 10.6 Å². The summed E-state index contributed by atoms with van der Waals surface area (Å²) in [4.78, 5) is 57.8. The van der Waals surface area contributed by atoms with Crippen molar-refractivity contribution < 1.29 is 33.0 Å². The lowest BCUT2D eigenvalue weighted by Gasteiger charge is -2.26. The minimum absolute atomic E-state index is 0.105. The van der Waals surface area contributed by atoms with Gasteiger partial charge in [0.05, 0.1) is 17.9 Å². The first-order valence-corrected chi connectivity index (χ1v) is 18.0. The summed E-state index contributed by atoms with van der Waals surface area (Å²) in [6, 6.07) is 37.4. The smallest absolute Gasteiger partial charge is 0.407 e. The monoisotopic (exact) mass is 742 g/mol. The molecule has 0 spiro atoms. The number of nitrogens with zero attached hydrogens (tertiary/aromatic N) is 2. The fourth-order valence-corrected chi connectivity index (χ4v) is 6.13.